The van der Waals surface area contributed by atoms with Gasteiger partial charge in [-0.2, -0.15) is 0 Å². The van der Waals surface area contributed by atoms with Gasteiger partial charge in [-0.15, -0.1) is 0 Å². The molecule has 3 aromatic carbocycles. The minimum absolute atomic E-state index is 0.251. The molecular formula is C27H30N4O. The molecule has 5 rings (SSSR count). The maximum Gasteiger partial charge on any atom is 0.126 e. The van der Waals surface area contributed by atoms with Crippen LogP contribution in [-0.2, 0) is 0 Å². The lowest BCUT2D eigenvalue weighted by Crippen LogP contribution is -2.44. The van der Waals surface area contributed by atoms with Crippen LogP contribution in [0.4, 0.5) is 11.4 Å². The van der Waals surface area contributed by atoms with E-state index in [1.54, 1.807) is 7.11 Å². The number of hydrogen-bond donors (Lipinski definition) is 1. The van der Waals surface area contributed by atoms with Gasteiger partial charge >= 0.3 is 0 Å². The Labute approximate surface area is 190 Å². The molecule has 2 aliphatic heterocycles. The molecule has 2 N–H and O–H groups in total. The molecule has 2 aliphatic rings. The SMILES string of the molecule is COc1ccccc1-c1ccc2c(c1)C(N)N(c1ccc(N3CCN(C)CC3)cc1)C=C2. The number of nitrogens with zero attached hydrogens (tertiary/aromatic N) is 3. The summed E-state index contributed by atoms with van der Waals surface area (Å²) in [6.07, 6.45) is 3.97. The maximum absolute atomic E-state index is 6.76. The highest BCUT2D eigenvalue weighted by molar-refractivity contribution is 5.75. The van der Waals surface area contributed by atoms with Gasteiger partial charge in [0.2, 0.25) is 0 Å². The summed E-state index contributed by atoms with van der Waals surface area (Å²) in [7, 11) is 3.89. The highest BCUT2D eigenvalue weighted by atomic mass is 16.5. The Bertz CT molecular complexity index is 1120. The molecule has 0 saturated carbocycles. The number of benzene rings is 3. The Morgan fingerprint density at radius 3 is 2.34 bits per heavy atom. The second-order valence-electron chi connectivity index (χ2n) is 8.52. The lowest BCUT2D eigenvalue weighted by atomic mass is 9.94. The molecule has 0 aliphatic carbocycles. The van der Waals surface area contributed by atoms with Crippen molar-refractivity contribution in [3.63, 3.8) is 0 Å². The normalized spacial score (nSPS) is 18.5. The van der Waals surface area contributed by atoms with Crippen LogP contribution >= 0.6 is 0 Å². The number of hydrogen-bond acceptors (Lipinski definition) is 5. The predicted molar refractivity (Wildman–Crippen MR) is 133 cm³/mol. The molecular weight excluding hydrogens is 396 g/mol. The quantitative estimate of drug-likeness (QED) is 0.663. The van der Waals surface area contributed by atoms with Crippen LogP contribution in [0.25, 0.3) is 17.2 Å². The molecule has 3 aromatic rings. The fraction of sp³-hybridized carbons (Fsp3) is 0.259. The number of ether oxygens (including phenoxy) is 1. The Hall–Kier alpha value is -3.28. The van der Waals surface area contributed by atoms with Gasteiger partial charge in [-0.1, -0.05) is 30.3 Å². The minimum atomic E-state index is -0.251. The molecule has 2 heterocycles. The second-order valence-corrected chi connectivity index (χ2v) is 8.52. The number of likely N-dealkylation sites (N-methyl/N-ethyl adjacent to an activating group) is 1. The van der Waals surface area contributed by atoms with Gasteiger partial charge in [0.05, 0.1) is 7.11 Å². The van der Waals surface area contributed by atoms with Crippen LogP contribution in [0.3, 0.4) is 0 Å². The fourth-order valence-electron chi connectivity index (χ4n) is 4.58. The fourth-order valence-corrected chi connectivity index (χ4v) is 4.58. The van der Waals surface area contributed by atoms with Crippen molar-refractivity contribution < 1.29 is 4.74 Å². The Kier molecular flexibility index (Phi) is 5.60. The molecule has 0 radical (unpaired) electrons. The third-order valence-corrected chi connectivity index (χ3v) is 6.55. The number of nitrogens with two attached hydrogens (primary N) is 1. The van der Waals surface area contributed by atoms with Crippen molar-refractivity contribution >= 4 is 17.5 Å². The van der Waals surface area contributed by atoms with E-state index in [9.17, 15) is 0 Å². The first kappa shape index (κ1) is 20.6. The largest absolute Gasteiger partial charge is 0.496 e. The first-order valence-corrected chi connectivity index (χ1v) is 11.2. The van der Waals surface area contributed by atoms with Crippen LogP contribution in [0.1, 0.15) is 17.3 Å². The Morgan fingerprint density at radius 1 is 0.875 bits per heavy atom. The van der Waals surface area contributed by atoms with Crippen LogP contribution in [0.2, 0.25) is 0 Å². The van der Waals surface area contributed by atoms with Crippen LogP contribution in [0, 0.1) is 0 Å². The van der Waals surface area contributed by atoms with Gasteiger partial charge in [0, 0.05) is 49.3 Å². The second kappa shape index (κ2) is 8.69. The molecule has 32 heavy (non-hydrogen) atoms. The molecule has 5 heteroatoms. The monoisotopic (exact) mass is 426 g/mol. The highest BCUT2D eigenvalue weighted by Gasteiger charge is 2.23. The number of anilines is 2. The van der Waals surface area contributed by atoms with Crippen molar-refractivity contribution in [2.75, 3.05) is 50.1 Å². The summed E-state index contributed by atoms with van der Waals surface area (Å²) < 4.78 is 5.57. The van der Waals surface area contributed by atoms with Crippen LogP contribution in [0.15, 0.2) is 72.9 Å². The van der Waals surface area contributed by atoms with E-state index in [4.69, 9.17) is 10.5 Å². The van der Waals surface area contributed by atoms with Gasteiger partial charge in [-0.3, -0.25) is 0 Å². The van der Waals surface area contributed by atoms with Crippen LogP contribution in [0.5, 0.6) is 5.75 Å². The summed E-state index contributed by atoms with van der Waals surface area (Å²) in [5, 5.41) is 0. The number of rotatable bonds is 4. The lowest BCUT2D eigenvalue weighted by Gasteiger charge is -2.35. The van der Waals surface area contributed by atoms with Crippen molar-refractivity contribution in [1.29, 1.82) is 0 Å². The van der Waals surface area contributed by atoms with E-state index in [0.29, 0.717) is 0 Å². The molecule has 0 amide bonds. The highest BCUT2D eigenvalue weighted by Crippen LogP contribution is 2.37. The van der Waals surface area contributed by atoms with E-state index in [0.717, 1.165) is 59.9 Å². The van der Waals surface area contributed by atoms with Crippen molar-refractivity contribution in [1.82, 2.24) is 4.90 Å². The lowest BCUT2D eigenvalue weighted by molar-refractivity contribution is 0.313. The van der Waals surface area contributed by atoms with Crippen molar-refractivity contribution in [2.24, 2.45) is 5.73 Å². The summed E-state index contributed by atoms with van der Waals surface area (Å²) in [4.78, 5) is 6.96. The van der Waals surface area contributed by atoms with Crippen molar-refractivity contribution in [3.05, 3.63) is 84.1 Å². The van der Waals surface area contributed by atoms with Gasteiger partial charge in [0.25, 0.3) is 0 Å². The van der Waals surface area contributed by atoms with Gasteiger partial charge in [-0.05, 0) is 66.2 Å². The molecule has 1 fully saturated rings. The number of para-hydroxylation sites is 1. The summed E-state index contributed by atoms with van der Waals surface area (Å²) in [5.41, 5.74) is 13.6. The molecule has 0 aromatic heterocycles. The third kappa shape index (κ3) is 3.85. The van der Waals surface area contributed by atoms with Gasteiger partial charge < -0.3 is 25.2 Å². The molecule has 1 saturated heterocycles. The van der Waals surface area contributed by atoms with E-state index >= 15 is 0 Å². The molecule has 164 valence electrons. The third-order valence-electron chi connectivity index (χ3n) is 6.55. The number of methoxy groups -OCH3 is 1. The average Bonchev–Trinajstić information content (AvgIpc) is 2.85. The summed E-state index contributed by atoms with van der Waals surface area (Å²) in [6, 6.07) is 23.3. The van der Waals surface area contributed by atoms with Crippen LogP contribution in [-0.4, -0.2) is 45.2 Å². The zero-order chi connectivity index (χ0) is 22.1. The first-order chi connectivity index (χ1) is 15.6. The van der Waals surface area contributed by atoms with E-state index < -0.39 is 0 Å². The van der Waals surface area contributed by atoms with E-state index in [1.807, 2.05) is 18.2 Å². The Balaban J connectivity index is 1.40. The topological polar surface area (TPSA) is 45.0 Å². The van der Waals surface area contributed by atoms with Crippen molar-refractivity contribution in [3.8, 4) is 16.9 Å². The van der Waals surface area contributed by atoms with Crippen LogP contribution < -0.4 is 20.3 Å². The molecule has 1 unspecified atom stereocenters. The number of fused-ring (bicyclic) bond motifs is 1. The summed E-state index contributed by atoms with van der Waals surface area (Å²) in [5.74, 6) is 0.865. The van der Waals surface area contributed by atoms with Crippen molar-refractivity contribution in [2.45, 2.75) is 6.17 Å². The predicted octanol–water partition coefficient (Wildman–Crippen LogP) is 4.56. The van der Waals surface area contributed by atoms with E-state index in [1.165, 1.54) is 5.69 Å². The molecule has 0 bridgehead atoms. The van der Waals surface area contributed by atoms with Gasteiger partial charge in [0.1, 0.15) is 11.9 Å². The van der Waals surface area contributed by atoms with Gasteiger partial charge in [0.15, 0.2) is 0 Å². The van der Waals surface area contributed by atoms with E-state index in [2.05, 4.69) is 82.6 Å². The summed E-state index contributed by atoms with van der Waals surface area (Å²) >= 11 is 0. The standard InChI is InChI=1S/C27H30N4O/c1-29-15-17-30(18-16-29)22-9-11-23(12-10-22)31-14-13-20-7-8-21(19-25(20)27(31)28)24-5-3-4-6-26(24)32-2/h3-14,19,27H,15-18,28H2,1-2H3. The maximum atomic E-state index is 6.76. The van der Waals surface area contributed by atoms with Gasteiger partial charge in [-0.25, -0.2) is 0 Å². The molecule has 0 spiro atoms. The molecule has 1 atom stereocenters. The Morgan fingerprint density at radius 2 is 1.59 bits per heavy atom. The minimum Gasteiger partial charge on any atom is -0.496 e. The number of piperazine rings is 1. The zero-order valence-electron chi connectivity index (χ0n) is 18.7. The first-order valence-electron chi connectivity index (χ1n) is 11.2. The average molecular weight is 427 g/mol. The zero-order valence-corrected chi connectivity index (χ0v) is 18.7. The van der Waals surface area contributed by atoms with E-state index in [-0.39, 0.29) is 6.17 Å². The smallest absolute Gasteiger partial charge is 0.126 e. The molecule has 5 nitrogen and oxygen atoms in total. The summed E-state index contributed by atoms with van der Waals surface area (Å²) in [6.45, 7) is 4.34.